The molecule has 1 saturated heterocycles. The number of pyridine rings is 1. The third kappa shape index (κ3) is 4.62. The number of benzene rings is 2. The predicted molar refractivity (Wildman–Crippen MR) is 143 cm³/mol. The van der Waals surface area contributed by atoms with E-state index in [9.17, 15) is 4.79 Å². The van der Waals surface area contributed by atoms with E-state index in [4.69, 9.17) is 39.8 Å². The van der Waals surface area contributed by atoms with Crippen LogP contribution in [-0.2, 0) is 4.79 Å². The minimum Gasteiger partial charge on any atom is -0.459 e. The molecule has 2 aromatic carbocycles. The van der Waals surface area contributed by atoms with Crippen LogP contribution in [0, 0.1) is 0 Å². The molecule has 6 nitrogen and oxygen atoms in total. The Bertz CT molecular complexity index is 1390. The third-order valence-corrected chi connectivity index (χ3v) is 6.83. The molecule has 0 spiro atoms. The average molecular weight is 523 g/mol. The van der Waals surface area contributed by atoms with Crippen molar-refractivity contribution in [1.82, 2.24) is 10.3 Å². The number of carbonyl (C=O) groups excluding carboxylic acids is 1. The van der Waals surface area contributed by atoms with Gasteiger partial charge in [0.1, 0.15) is 17.6 Å². The summed E-state index contributed by atoms with van der Waals surface area (Å²) >= 11 is 18.4. The molecule has 5 rings (SSSR count). The van der Waals surface area contributed by atoms with E-state index < -0.39 is 0 Å². The SMILES string of the molecule is CC(=O)Nc1ccc(N2C(=S)N[C@@H](c3ccccn3)[C@H]2c2ccc(-c3cccc(Cl)c3Cl)o2)cc1. The number of hydrogen-bond donors (Lipinski definition) is 2. The minimum absolute atomic E-state index is 0.132. The quantitative estimate of drug-likeness (QED) is 0.281. The summed E-state index contributed by atoms with van der Waals surface area (Å²) in [5.41, 5.74) is 3.09. The standard InChI is InChI=1S/C26H20Cl2N4O2S/c1-15(33)30-16-8-10-17(11-9-16)32-25(24(31-26(32)35)20-7-2-3-14-29-20)22-13-12-21(34-22)18-5-4-6-19(27)23(18)28/h2-14,24-25H,1H3,(H,30,33)(H,31,35)/t24-,25+/m0/s1. The summed E-state index contributed by atoms with van der Waals surface area (Å²) in [6.45, 7) is 1.47. The molecule has 2 N–H and O–H groups in total. The summed E-state index contributed by atoms with van der Waals surface area (Å²) in [5, 5.41) is 7.61. The van der Waals surface area contributed by atoms with Crippen LogP contribution in [0.4, 0.5) is 11.4 Å². The second-order valence-corrected chi connectivity index (χ2v) is 9.20. The fraction of sp³-hybridized carbons (Fsp3) is 0.115. The van der Waals surface area contributed by atoms with E-state index in [1.807, 2.05) is 71.6 Å². The molecule has 9 heteroatoms. The van der Waals surface area contributed by atoms with Crippen molar-refractivity contribution in [2.24, 2.45) is 0 Å². The molecule has 2 atom stereocenters. The van der Waals surface area contributed by atoms with Crippen LogP contribution in [-0.4, -0.2) is 16.0 Å². The van der Waals surface area contributed by atoms with Crippen LogP contribution in [0.15, 0.2) is 83.4 Å². The molecule has 0 bridgehead atoms. The van der Waals surface area contributed by atoms with E-state index >= 15 is 0 Å². The van der Waals surface area contributed by atoms with Crippen molar-refractivity contribution >= 4 is 57.8 Å². The van der Waals surface area contributed by atoms with Gasteiger partial charge in [0, 0.05) is 30.1 Å². The molecular formula is C26H20Cl2N4O2S. The Labute approximate surface area is 217 Å². The predicted octanol–water partition coefficient (Wildman–Crippen LogP) is 6.78. The van der Waals surface area contributed by atoms with Gasteiger partial charge in [0.25, 0.3) is 0 Å². The maximum absolute atomic E-state index is 11.4. The lowest BCUT2D eigenvalue weighted by molar-refractivity contribution is -0.114. The number of rotatable bonds is 5. The number of furan rings is 1. The summed E-state index contributed by atoms with van der Waals surface area (Å²) in [6.07, 6.45) is 1.75. The molecule has 1 amide bonds. The van der Waals surface area contributed by atoms with E-state index in [1.165, 1.54) is 6.92 Å². The molecule has 176 valence electrons. The van der Waals surface area contributed by atoms with Gasteiger partial charge in [-0.3, -0.25) is 9.78 Å². The molecule has 1 fully saturated rings. The van der Waals surface area contributed by atoms with Crippen molar-refractivity contribution in [3.63, 3.8) is 0 Å². The Morgan fingerprint density at radius 3 is 2.57 bits per heavy atom. The molecule has 0 aliphatic carbocycles. The average Bonchev–Trinajstić information content (AvgIpc) is 3.46. The lowest BCUT2D eigenvalue weighted by Crippen LogP contribution is -2.29. The van der Waals surface area contributed by atoms with Crippen molar-refractivity contribution in [2.75, 3.05) is 10.2 Å². The normalized spacial score (nSPS) is 17.3. The Morgan fingerprint density at radius 1 is 1.06 bits per heavy atom. The van der Waals surface area contributed by atoms with Crippen LogP contribution >= 0.6 is 35.4 Å². The molecule has 35 heavy (non-hydrogen) atoms. The summed E-state index contributed by atoms with van der Waals surface area (Å²) in [4.78, 5) is 18.0. The molecule has 1 aliphatic heterocycles. The van der Waals surface area contributed by atoms with Gasteiger partial charge >= 0.3 is 0 Å². The fourth-order valence-corrected chi connectivity index (χ4v) is 4.92. The molecule has 3 heterocycles. The van der Waals surface area contributed by atoms with E-state index in [-0.39, 0.29) is 18.0 Å². The first kappa shape index (κ1) is 23.4. The highest BCUT2D eigenvalue weighted by Crippen LogP contribution is 2.44. The van der Waals surface area contributed by atoms with E-state index in [2.05, 4.69) is 15.6 Å². The van der Waals surface area contributed by atoms with Gasteiger partial charge in [0.2, 0.25) is 5.91 Å². The zero-order valence-corrected chi connectivity index (χ0v) is 20.9. The number of hydrogen-bond acceptors (Lipinski definition) is 4. The highest BCUT2D eigenvalue weighted by atomic mass is 35.5. The topological polar surface area (TPSA) is 70.4 Å². The van der Waals surface area contributed by atoms with Gasteiger partial charge in [0.05, 0.1) is 21.8 Å². The third-order valence-electron chi connectivity index (χ3n) is 5.70. The van der Waals surface area contributed by atoms with Gasteiger partial charge in [-0.05, 0) is 72.9 Å². The summed E-state index contributed by atoms with van der Waals surface area (Å²) in [5.74, 6) is 1.16. The number of halogens is 2. The van der Waals surface area contributed by atoms with Gasteiger partial charge in [-0.2, -0.15) is 0 Å². The molecule has 2 aromatic heterocycles. The molecule has 0 radical (unpaired) electrons. The number of carbonyl (C=O) groups is 1. The molecule has 0 unspecified atom stereocenters. The van der Waals surface area contributed by atoms with E-state index in [1.54, 1.807) is 12.3 Å². The van der Waals surface area contributed by atoms with Crippen molar-refractivity contribution in [3.8, 4) is 11.3 Å². The lowest BCUT2D eigenvalue weighted by Gasteiger charge is -2.26. The number of nitrogens with zero attached hydrogens (tertiary/aromatic N) is 2. The Kier molecular flexibility index (Phi) is 6.47. The zero-order chi connectivity index (χ0) is 24.5. The van der Waals surface area contributed by atoms with Crippen molar-refractivity contribution in [1.29, 1.82) is 0 Å². The van der Waals surface area contributed by atoms with Gasteiger partial charge in [-0.25, -0.2) is 0 Å². The van der Waals surface area contributed by atoms with Crippen molar-refractivity contribution < 1.29 is 9.21 Å². The number of nitrogens with one attached hydrogen (secondary N) is 2. The largest absolute Gasteiger partial charge is 0.459 e. The number of aromatic nitrogens is 1. The van der Waals surface area contributed by atoms with Crippen LogP contribution < -0.4 is 15.5 Å². The van der Waals surface area contributed by atoms with Gasteiger partial charge in [0.15, 0.2) is 5.11 Å². The van der Waals surface area contributed by atoms with Crippen LogP contribution in [0.3, 0.4) is 0 Å². The Balaban J connectivity index is 1.57. The second kappa shape index (κ2) is 9.70. The first-order chi connectivity index (χ1) is 16.9. The molecular weight excluding hydrogens is 503 g/mol. The maximum Gasteiger partial charge on any atom is 0.221 e. The summed E-state index contributed by atoms with van der Waals surface area (Å²) in [7, 11) is 0. The van der Waals surface area contributed by atoms with Crippen LogP contribution in [0.25, 0.3) is 11.3 Å². The molecule has 0 saturated carbocycles. The molecule has 1 aliphatic rings. The fourth-order valence-electron chi connectivity index (χ4n) is 4.18. The van der Waals surface area contributed by atoms with Crippen molar-refractivity contribution in [3.05, 3.63) is 100 Å². The summed E-state index contributed by atoms with van der Waals surface area (Å²) in [6, 6.07) is 21.9. The smallest absolute Gasteiger partial charge is 0.221 e. The van der Waals surface area contributed by atoms with Crippen LogP contribution in [0.1, 0.15) is 30.5 Å². The van der Waals surface area contributed by atoms with E-state index in [0.29, 0.717) is 37.9 Å². The van der Waals surface area contributed by atoms with Crippen molar-refractivity contribution in [2.45, 2.75) is 19.0 Å². The monoisotopic (exact) mass is 522 g/mol. The second-order valence-electron chi connectivity index (χ2n) is 8.03. The summed E-state index contributed by atoms with van der Waals surface area (Å²) < 4.78 is 6.35. The minimum atomic E-state index is -0.323. The highest BCUT2D eigenvalue weighted by Gasteiger charge is 2.42. The first-order valence-corrected chi connectivity index (χ1v) is 12.0. The number of amides is 1. The van der Waals surface area contributed by atoms with Gasteiger partial charge in [-0.15, -0.1) is 0 Å². The molecule has 4 aromatic rings. The lowest BCUT2D eigenvalue weighted by atomic mass is 10.0. The Morgan fingerprint density at radius 2 is 1.86 bits per heavy atom. The number of thiocarbonyl (C=S) groups is 1. The van der Waals surface area contributed by atoms with E-state index in [0.717, 1.165) is 11.4 Å². The van der Waals surface area contributed by atoms with Gasteiger partial charge < -0.3 is 20.0 Å². The Hall–Kier alpha value is -3.39. The maximum atomic E-state index is 11.4. The van der Waals surface area contributed by atoms with Crippen LogP contribution in [0.5, 0.6) is 0 Å². The number of anilines is 2. The highest BCUT2D eigenvalue weighted by molar-refractivity contribution is 7.80. The van der Waals surface area contributed by atoms with Gasteiger partial charge in [-0.1, -0.05) is 35.3 Å². The zero-order valence-electron chi connectivity index (χ0n) is 18.5. The first-order valence-electron chi connectivity index (χ1n) is 10.8. The van der Waals surface area contributed by atoms with Crippen LogP contribution in [0.2, 0.25) is 10.0 Å².